The Labute approximate surface area is 115 Å². The molecule has 4 nitrogen and oxygen atoms in total. The molecule has 0 fully saturated rings. The largest absolute Gasteiger partial charge is 0.493 e. The molecule has 0 radical (unpaired) electrons. The number of aromatic nitrogens is 2. The van der Waals surface area contributed by atoms with E-state index in [0.717, 1.165) is 43.8 Å². The molecule has 1 rings (SSSR count). The van der Waals surface area contributed by atoms with Gasteiger partial charge in [0.2, 0.25) is 0 Å². The molecule has 1 aromatic heterocycles. The number of hydrogen-bond acceptors (Lipinski definition) is 3. The molecule has 0 aromatic carbocycles. The standard InChI is InChI=1S/C13H24ClN3O/c1-5-11(14)6-7-12-13(18-4)10-15-17(12)9-8-16(2)3/h10-11H,5-9H2,1-4H3. The van der Waals surface area contributed by atoms with Crippen LogP contribution >= 0.6 is 11.6 Å². The quantitative estimate of drug-likeness (QED) is 0.682. The Hall–Kier alpha value is -0.740. The number of hydrogen-bond donors (Lipinski definition) is 0. The van der Waals surface area contributed by atoms with Gasteiger partial charge in [0.25, 0.3) is 0 Å². The third kappa shape index (κ3) is 4.50. The van der Waals surface area contributed by atoms with E-state index >= 15 is 0 Å². The van der Waals surface area contributed by atoms with Gasteiger partial charge < -0.3 is 9.64 Å². The van der Waals surface area contributed by atoms with Crippen LogP contribution in [0.4, 0.5) is 0 Å². The summed E-state index contributed by atoms with van der Waals surface area (Å²) in [5.41, 5.74) is 1.15. The molecule has 0 N–H and O–H groups in total. The van der Waals surface area contributed by atoms with E-state index in [4.69, 9.17) is 16.3 Å². The third-order valence-corrected chi connectivity index (χ3v) is 3.55. The highest BCUT2D eigenvalue weighted by atomic mass is 35.5. The molecular weight excluding hydrogens is 250 g/mol. The number of methoxy groups -OCH3 is 1. The number of rotatable bonds is 8. The normalized spacial score (nSPS) is 13.0. The Balaban J connectivity index is 2.68. The first kappa shape index (κ1) is 15.3. The summed E-state index contributed by atoms with van der Waals surface area (Å²) in [6.45, 7) is 3.96. The van der Waals surface area contributed by atoms with Gasteiger partial charge >= 0.3 is 0 Å². The summed E-state index contributed by atoms with van der Waals surface area (Å²) in [5.74, 6) is 0.869. The van der Waals surface area contributed by atoms with Gasteiger partial charge in [-0.1, -0.05) is 6.92 Å². The number of likely N-dealkylation sites (N-methyl/N-ethyl adjacent to an activating group) is 1. The van der Waals surface area contributed by atoms with Crippen molar-refractivity contribution in [3.05, 3.63) is 11.9 Å². The Kier molecular flexibility index (Phi) is 6.50. The van der Waals surface area contributed by atoms with Crippen LogP contribution in [-0.4, -0.2) is 47.8 Å². The van der Waals surface area contributed by atoms with Crippen LogP contribution in [0.3, 0.4) is 0 Å². The molecule has 0 aliphatic carbocycles. The first-order valence-corrected chi connectivity index (χ1v) is 6.89. The van der Waals surface area contributed by atoms with Gasteiger partial charge in [-0.15, -0.1) is 11.6 Å². The molecule has 1 unspecified atom stereocenters. The summed E-state index contributed by atoms with van der Waals surface area (Å²) < 4.78 is 7.38. The molecule has 1 aromatic rings. The molecule has 0 saturated carbocycles. The van der Waals surface area contributed by atoms with Crippen LogP contribution in [0.15, 0.2) is 6.20 Å². The molecular formula is C13H24ClN3O. The van der Waals surface area contributed by atoms with Gasteiger partial charge in [-0.2, -0.15) is 5.10 Å². The zero-order valence-corrected chi connectivity index (χ0v) is 12.6. The molecule has 0 aliphatic heterocycles. The topological polar surface area (TPSA) is 30.3 Å². The minimum absolute atomic E-state index is 0.229. The highest BCUT2D eigenvalue weighted by Gasteiger charge is 2.13. The highest BCUT2D eigenvalue weighted by molar-refractivity contribution is 6.20. The lowest BCUT2D eigenvalue weighted by molar-refractivity contribution is 0.365. The molecule has 0 spiro atoms. The number of ether oxygens (including phenoxy) is 1. The van der Waals surface area contributed by atoms with E-state index in [1.54, 1.807) is 13.3 Å². The zero-order valence-electron chi connectivity index (χ0n) is 11.8. The fourth-order valence-corrected chi connectivity index (χ4v) is 1.91. The van der Waals surface area contributed by atoms with Gasteiger partial charge in [-0.25, -0.2) is 0 Å². The van der Waals surface area contributed by atoms with Gasteiger partial charge in [0.15, 0.2) is 5.75 Å². The molecule has 18 heavy (non-hydrogen) atoms. The summed E-state index contributed by atoms with van der Waals surface area (Å²) in [6, 6.07) is 0. The first-order chi connectivity index (χ1) is 8.58. The van der Waals surface area contributed by atoms with Gasteiger partial charge in [-0.05, 0) is 33.4 Å². The van der Waals surface area contributed by atoms with Crippen molar-refractivity contribution in [2.24, 2.45) is 0 Å². The van der Waals surface area contributed by atoms with Gasteiger partial charge in [0, 0.05) is 11.9 Å². The summed E-state index contributed by atoms with van der Waals surface area (Å²) in [5, 5.41) is 4.61. The minimum Gasteiger partial charge on any atom is -0.493 e. The molecule has 1 heterocycles. The highest BCUT2D eigenvalue weighted by Crippen LogP contribution is 2.21. The monoisotopic (exact) mass is 273 g/mol. The van der Waals surface area contributed by atoms with Gasteiger partial charge in [0.1, 0.15) is 0 Å². The number of nitrogens with zero attached hydrogens (tertiary/aromatic N) is 3. The fraction of sp³-hybridized carbons (Fsp3) is 0.769. The van der Waals surface area contributed by atoms with E-state index in [1.165, 1.54) is 0 Å². The molecule has 0 bridgehead atoms. The van der Waals surface area contributed by atoms with E-state index in [2.05, 4.69) is 31.0 Å². The van der Waals surface area contributed by atoms with Crippen LogP contribution in [0.1, 0.15) is 25.5 Å². The SMILES string of the molecule is CCC(Cl)CCc1c(OC)cnn1CCN(C)C. The Bertz CT molecular complexity index is 352. The molecule has 1 atom stereocenters. The van der Waals surface area contributed by atoms with Crippen molar-refractivity contribution in [2.75, 3.05) is 27.7 Å². The van der Waals surface area contributed by atoms with Crippen molar-refractivity contribution < 1.29 is 4.74 Å². The first-order valence-electron chi connectivity index (χ1n) is 6.46. The van der Waals surface area contributed by atoms with E-state index in [0.29, 0.717) is 0 Å². The fourth-order valence-electron chi connectivity index (χ4n) is 1.80. The second-order valence-corrected chi connectivity index (χ2v) is 5.35. The lowest BCUT2D eigenvalue weighted by Crippen LogP contribution is -2.20. The van der Waals surface area contributed by atoms with Crippen molar-refractivity contribution in [1.29, 1.82) is 0 Å². The van der Waals surface area contributed by atoms with Crippen LogP contribution in [-0.2, 0) is 13.0 Å². The van der Waals surface area contributed by atoms with Gasteiger partial charge in [-0.3, -0.25) is 4.68 Å². The zero-order chi connectivity index (χ0) is 13.5. The van der Waals surface area contributed by atoms with E-state index in [-0.39, 0.29) is 5.38 Å². The summed E-state index contributed by atoms with van der Waals surface area (Å²) >= 11 is 6.18. The molecule has 0 aliphatic rings. The lowest BCUT2D eigenvalue weighted by Gasteiger charge is -2.13. The van der Waals surface area contributed by atoms with Gasteiger partial charge in [0.05, 0.1) is 25.5 Å². The molecule has 0 saturated heterocycles. The average Bonchev–Trinajstić information content (AvgIpc) is 2.75. The molecule has 5 heteroatoms. The van der Waals surface area contributed by atoms with Crippen molar-refractivity contribution in [3.8, 4) is 5.75 Å². The van der Waals surface area contributed by atoms with Crippen molar-refractivity contribution in [3.63, 3.8) is 0 Å². The van der Waals surface area contributed by atoms with Crippen LogP contribution in [0.25, 0.3) is 0 Å². The Morgan fingerprint density at radius 1 is 1.50 bits per heavy atom. The smallest absolute Gasteiger partial charge is 0.159 e. The predicted molar refractivity (Wildman–Crippen MR) is 75.6 cm³/mol. The second-order valence-electron chi connectivity index (χ2n) is 4.73. The lowest BCUT2D eigenvalue weighted by atomic mass is 10.1. The number of halogens is 1. The van der Waals surface area contributed by atoms with E-state index < -0.39 is 0 Å². The summed E-state index contributed by atoms with van der Waals surface area (Å²) in [7, 11) is 5.81. The van der Waals surface area contributed by atoms with Crippen molar-refractivity contribution in [1.82, 2.24) is 14.7 Å². The van der Waals surface area contributed by atoms with E-state index in [1.807, 2.05) is 4.68 Å². The van der Waals surface area contributed by atoms with Crippen molar-refractivity contribution >= 4 is 11.6 Å². The Morgan fingerprint density at radius 3 is 2.78 bits per heavy atom. The third-order valence-electron chi connectivity index (χ3n) is 3.03. The number of alkyl halides is 1. The Morgan fingerprint density at radius 2 is 2.22 bits per heavy atom. The van der Waals surface area contributed by atoms with Crippen LogP contribution in [0.2, 0.25) is 0 Å². The predicted octanol–water partition coefficient (Wildman–Crippen LogP) is 2.40. The second kappa shape index (κ2) is 7.64. The maximum Gasteiger partial charge on any atom is 0.159 e. The summed E-state index contributed by atoms with van der Waals surface area (Å²) in [4.78, 5) is 2.15. The van der Waals surface area contributed by atoms with Crippen LogP contribution < -0.4 is 4.74 Å². The van der Waals surface area contributed by atoms with E-state index in [9.17, 15) is 0 Å². The maximum absolute atomic E-state index is 6.18. The molecule has 0 amide bonds. The van der Waals surface area contributed by atoms with Crippen LogP contribution in [0.5, 0.6) is 5.75 Å². The van der Waals surface area contributed by atoms with Crippen LogP contribution in [0, 0.1) is 0 Å². The van der Waals surface area contributed by atoms with Crippen molar-refractivity contribution in [2.45, 2.75) is 38.1 Å². The molecule has 104 valence electrons. The summed E-state index contributed by atoms with van der Waals surface area (Å²) in [6.07, 6.45) is 4.66. The minimum atomic E-state index is 0.229. The maximum atomic E-state index is 6.18. The average molecular weight is 274 g/mol.